The molecule has 0 fully saturated rings. The van der Waals surface area contributed by atoms with Crippen LogP contribution in [-0.2, 0) is 11.3 Å². The van der Waals surface area contributed by atoms with Gasteiger partial charge >= 0.3 is 11.7 Å². The van der Waals surface area contributed by atoms with E-state index in [4.69, 9.17) is 5.11 Å². The van der Waals surface area contributed by atoms with Crippen molar-refractivity contribution in [2.75, 3.05) is 0 Å². The van der Waals surface area contributed by atoms with Gasteiger partial charge in [-0.1, -0.05) is 0 Å². The van der Waals surface area contributed by atoms with Crippen molar-refractivity contribution < 1.29 is 9.90 Å². The lowest BCUT2D eigenvalue weighted by atomic mass is 10.2. The third-order valence-electron chi connectivity index (χ3n) is 2.63. The summed E-state index contributed by atoms with van der Waals surface area (Å²) in [5.41, 5.74) is -0.197. The summed E-state index contributed by atoms with van der Waals surface area (Å²) in [5, 5.41) is 10.3. The van der Waals surface area contributed by atoms with Gasteiger partial charge in [0.05, 0.1) is 5.52 Å². The number of rotatable bonds is 5. The molecule has 0 aromatic carbocycles. The van der Waals surface area contributed by atoms with Crippen LogP contribution in [0.4, 0.5) is 0 Å². The Bertz CT molecular complexity index is 682. The Morgan fingerprint density at radius 1 is 1.39 bits per heavy atom. The third-order valence-corrected chi connectivity index (χ3v) is 3.53. The van der Waals surface area contributed by atoms with E-state index in [1.54, 1.807) is 11.4 Å². The molecule has 0 aliphatic heterocycles. The predicted molar refractivity (Wildman–Crippen MR) is 68.2 cm³/mol. The lowest BCUT2D eigenvalue weighted by molar-refractivity contribution is -0.137. The van der Waals surface area contributed by atoms with Crippen molar-refractivity contribution in [2.24, 2.45) is 0 Å². The van der Waals surface area contributed by atoms with Crippen molar-refractivity contribution >= 4 is 27.5 Å². The average Bonchev–Trinajstić information content (AvgIpc) is 2.76. The van der Waals surface area contributed by atoms with Gasteiger partial charge in [0.25, 0.3) is 5.56 Å². The Hall–Kier alpha value is -1.89. The van der Waals surface area contributed by atoms with Crippen molar-refractivity contribution in [3.63, 3.8) is 0 Å². The fourth-order valence-corrected chi connectivity index (χ4v) is 2.57. The van der Waals surface area contributed by atoms with Crippen LogP contribution in [0.5, 0.6) is 0 Å². The van der Waals surface area contributed by atoms with Gasteiger partial charge in [-0.3, -0.25) is 19.1 Å². The monoisotopic (exact) mass is 268 g/mol. The van der Waals surface area contributed by atoms with E-state index >= 15 is 0 Å². The molecule has 0 aliphatic carbocycles. The highest BCUT2D eigenvalue weighted by Crippen LogP contribution is 2.15. The third kappa shape index (κ3) is 2.51. The molecule has 0 amide bonds. The Morgan fingerprint density at radius 2 is 2.17 bits per heavy atom. The van der Waals surface area contributed by atoms with Crippen LogP contribution in [0.1, 0.15) is 19.3 Å². The molecule has 2 rings (SSSR count). The molecule has 18 heavy (non-hydrogen) atoms. The smallest absolute Gasteiger partial charge is 0.328 e. The summed E-state index contributed by atoms with van der Waals surface area (Å²) in [6, 6.07) is 1.73. The molecule has 96 valence electrons. The van der Waals surface area contributed by atoms with Crippen LogP contribution in [0, 0.1) is 0 Å². The number of nitrogens with one attached hydrogen (secondary N) is 1. The number of carboxylic acid groups (broad SMARTS) is 1. The predicted octanol–water partition coefficient (Wildman–Crippen LogP) is 1.01. The molecule has 0 spiro atoms. The maximum Gasteiger partial charge on any atom is 0.328 e. The summed E-state index contributed by atoms with van der Waals surface area (Å²) in [6.45, 7) is 0.413. The zero-order chi connectivity index (χ0) is 13.1. The number of aliphatic carboxylic acids is 1. The quantitative estimate of drug-likeness (QED) is 0.791. The molecule has 2 N–H and O–H groups in total. The van der Waals surface area contributed by atoms with E-state index in [0.717, 1.165) is 0 Å². The molecular weight excluding hydrogens is 256 g/mol. The number of aromatic amines is 1. The first-order chi connectivity index (χ1) is 8.59. The number of fused-ring (bicyclic) bond motifs is 1. The number of carbonyl (C=O) groups is 1. The highest BCUT2D eigenvalue weighted by molar-refractivity contribution is 7.17. The molecular formula is C11H12N2O4S. The summed E-state index contributed by atoms with van der Waals surface area (Å²) in [4.78, 5) is 35.8. The minimum absolute atomic E-state index is 0.0882. The number of hydrogen-bond donors (Lipinski definition) is 2. The van der Waals surface area contributed by atoms with E-state index in [1.807, 2.05) is 0 Å². The maximum absolute atomic E-state index is 11.7. The summed E-state index contributed by atoms with van der Waals surface area (Å²) in [5.74, 6) is -0.843. The van der Waals surface area contributed by atoms with Crippen LogP contribution in [0.2, 0.25) is 0 Å². The van der Waals surface area contributed by atoms with Crippen molar-refractivity contribution in [1.29, 1.82) is 0 Å². The number of thiophene rings is 1. The van der Waals surface area contributed by atoms with Crippen LogP contribution in [-0.4, -0.2) is 20.6 Å². The first-order valence-corrected chi connectivity index (χ1v) is 6.39. The standard InChI is InChI=1S/C11H12N2O4S/c14-8(15)3-1-2-5-13-7-4-6-18-9(7)10(16)12-11(13)17/h4,6H,1-3,5H2,(H,14,15)(H,12,16,17). The van der Waals surface area contributed by atoms with Gasteiger partial charge in [0.2, 0.25) is 0 Å². The van der Waals surface area contributed by atoms with Crippen molar-refractivity contribution in [3.05, 3.63) is 32.3 Å². The Labute approximate surface area is 106 Å². The highest BCUT2D eigenvalue weighted by Gasteiger charge is 2.08. The minimum atomic E-state index is -0.843. The van der Waals surface area contributed by atoms with Gasteiger partial charge in [0, 0.05) is 13.0 Å². The van der Waals surface area contributed by atoms with Crippen molar-refractivity contribution in [1.82, 2.24) is 9.55 Å². The van der Waals surface area contributed by atoms with Gasteiger partial charge in [0.1, 0.15) is 4.70 Å². The van der Waals surface area contributed by atoms with Gasteiger partial charge in [-0.25, -0.2) is 4.79 Å². The molecule has 2 heterocycles. The number of aryl methyl sites for hydroxylation is 1. The van der Waals surface area contributed by atoms with Gasteiger partial charge in [-0.05, 0) is 24.3 Å². The summed E-state index contributed by atoms with van der Waals surface area (Å²) in [7, 11) is 0. The molecule has 2 aromatic rings. The van der Waals surface area contributed by atoms with Crippen LogP contribution < -0.4 is 11.2 Å². The molecule has 0 unspecified atom stereocenters. The fraction of sp³-hybridized carbons (Fsp3) is 0.364. The van der Waals surface area contributed by atoms with Crippen LogP contribution in [0.15, 0.2) is 21.0 Å². The zero-order valence-corrected chi connectivity index (χ0v) is 10.3. The van der Waals surface area contributed by atoms with E-state index in [2.05, 4.69) is 4.98 Å². The number of unbranched alkanes of at least 4 members (excludes halogenated alkanes) is 1. The van der Waals surface area contributed by atoms with E-state index < -0.39 is 11.7 Å². The Kier molecular flexibility index (Phi) is 3.61. The topological polar surface area (TPSA) is 92.2 Å². The number of hydrogen-bond acceptors (Lipinski definition) is 4. The molecule has 6 nitrogen and oxygen atoms in total. The summed E-state index contributed by atoms with van der Waals surface area (Å²) < 4.78 is 2.00. The summed E-state index contributed by atoms with van der Waals surface area (Å²) in [6.07, 6.45) is 1.18. The largest absolute Gasteiger partial charge is 0.481 e. The second-order valence-electron chi connectivity index (χ2n) is 3.90. The lowest BCUT2D eigenvalue weighted by Crippen LogP contribution is -2.29. The average molecular weight is 268 g/mol. The second-order valence-corrected chi connectivity index (χ2v) is 4.81. The van der Waals surface area contributed by atoms with Gasteiger partial charge in [-0.15, -0.1) is 11.3 Å². The first kappa shape index (κ1) is 12.6. The zero-order valence-electron chi connectivity index (χ0n) is 9.51. The van der Waals surface area contributed by atoms with E-state index in [1.165, 1.54) is 15.9 Å². The molecule has 0 saturated heterocycles. The number of nitrogens with zero attached hydrogens (tertiary/aromatic N) is 1. The lowest BCUT2D eigenvalue weighted by Gasteiger charge is -2.05. The van der Waals surface area contributed by atoms with Crippen LogP contribution in [0.25, 0.3) is 10.2 Å². The van der Waals surface area contributed by atoms with Gasteiger partial charge in [-0.2, -0.15) is 0 Å². The minimum Gasteiger partial charge on any atom is -0.481 e. The molecule has 0 saturated carbocycles. The van der Waals surface area contributed by atoms with Gasteiger partial charge < -0.3 is 5.11 Å². The number of aromatic nitrogens is 2. The molecule has 0 aliphatic rings. The van der Waals surface area contributed by atoms with Crippen molar-refractivity contribution in [3.8, 4) is 0 Å². The maximum atomic E-state index is 11.7. The second kappa shape index (κ2) is 5.18. The first-order valence-electron chi connectivity index (χ1n) is 5.51. The highest BCUT2D eigenvalue weighted by atomic mass is 32.1. The van der Waals surface area contributed by atoms with Crippen LogP contribution in [0.3, 0.4) is 0 Å². The Morgan fingerprint density at radius 3 is 2.89 bits per heavy atom. The molecule has 7 heteroatoms. The normalized spacial score (nSPS) is 10.9. The molecule has 0 atom stereocenters. The van der Waals surface area contributed by atoms with Crippen molar-refractivity contribution in [2.45, 2.75) is 25.8 Å². The van der Waals surface area contributed by atoms with Gasteiger partial charge in [0.15, 0.2) is 0 Å². The molecule has 2 aromatic heterocycles. The van der Waals surface area contributed by atoms with E-state index in [0.29, 0.717) is 29.6 Å². The Balaban J connectivity index is 2.22. The number of H-pyrrole nitrogens is 1. The van der Waals surface area contributed by atoms with E-state index in [9.17, 15) is 14.4 Å². The summed E-state index contributed by atoms with van der Waals surface area (Å²) >= 11 is 1.28. The van der Waals surface area contributed by atoms with E-state index in [-0.39, 0.29) is 12.0 Å². The fourth-order valence-electron chi connectivity index (χ4n) is 1.78. The molecule has 0 radical (unpaired) electrons. The SMILES string of the molecule is O=C(O)CCCCn1c(=O)[nH]c(=O)c2sccc21. The van der Waals surface area contributed by atoms with Crippen LogP contribution >= 0.6 is 11.3 Å². The number of carboxylic acids is 1. The molecule has 0 bridgehead atoms.